The van der Waals surface area contributed by atoms with Crippen molar-refractivity contribution in [3.8, 4) is 0 Å². The molecule has 2 aromatic heterocycles. The fourth-order valence-electron chi connectivity index (χ4n) is 4.02. The maximum absolute atomic E-state index is 3.86. The molecule has 21 heavy (non-hydrogen) atoms. The van der Waals surface area contributed by atoms with Gasteiger partial charge in [-0.25, -0.2) is 0 Å². The summed E-state index contributed by atoms with van der Waals surface area (Å²) in [5, 5.41) is 6.07. The predicted molar refractivity (Wildman–Crippen MR) is 96.4 cm³/mol. The van der Waals surface area contributed by atoms with Crippen LogP contribution >= 0.6 is 22.7 Å². The van der Waals surface area contributed by atoms with Crippen LogP contribution in [-0.2, 0) is 0 Å². The Morgan fingerprint density at radius 1 is 1.19 bits per heavy atom. The van der Waals surface area contributed by atoms with Gasteiger partial charge in [0.15, 0.2) is 0 Å². The summed E-state index contributed by atoms with van der Waals surface area (Å²) in [6, 6.07) is 5.29. The summed E-state index contributed by atoms with van der Waals surface area (Å²) >= 11 is 3.89. The van der Waals surface area contributed by atoms with Crippen molar-refractivity contribution in [3.05, 3.63) is 22.4 Å². The van der Waals surface area contributed by atoms with Gasteiger partial charge in [-0.15, -0.1) is 22.7 Å². The minimum absolute atomic E-state index is 0.569. The number of fused-ring (bicyclic) bond motifs is 1. The zero-order chi connectivity index (χ0) is 14.8. The standard InChI is InChI=1S/C18H27NS2/c1-4-6-19-18(14-9-12(2)8-13(3)10-14)17-11-16-15(21-17)5-7-20-16/h5,7,11-14,18-19H,4,6,8-10H2,1-3H3. The maximum Gasteiger partial charge on any atom is 0.0454 e. The fraction of sp³-hybridized carbons (Fsp3) is 0.667. The maximum atomic E-state index is 3.86. The summed E-state index contributed by atoms with van der Waals surface area (Å²) < 4.78 is 2.94. The molecule has 1 fully saturated rings. The normalized spacial score (nSPS) is 28.0. The molecule has 3 unspecified atom stereocenters. The van der Waals surface area contributed by atoms with Gasteiger partial charge in [0.05, 0.1) is 0 Å². The largest absolute Gasteiger partial charge is 0.309 e. The van der Waals surface area contributed by atoms with Crippen molar-refractivity contribution in [2.75, 3.05) is 6.54 Å². The SMILES string of the molecule is CCCNC(c1cc2sccc2s1)C1CC(C)CC(C)C1. The molecule has 1 aliphatic carbocycles. The molecule has 1 N–H and O–H groups in total. The highest BCUT2D eigenvalue weighted by Crippen LogP contribution is 2.43. The van der Waals surface area contributed by atoms with Gasteiger partial charge >= 0.3 is 0 Å². The third-order valence-corrected chi connectivity index (χ3v) is 6.94. The Labute approximate surface area is 136 Å². The minimum atomic E-state index is 0.569. The lowest BCUT2D eigenvalue weighted by Gasteiger charge is -2.36. The highest BCUT2D eigenvalue weighted by atomic mass is 32.1. The van der Waals surface area contributed by atoms with Crippen molar-refractivity contribution in [1.82, 2.24) is 5.32 Å². The fourth-order valence-corrected chi connectivity index (χ4v) is 6.31. The first-order valence-corrected chi connectivity index (χ1v) is 10.1. The van der Waals surface area contributed by atoms with Gasteiger partial charge in [0.25, 0.3) is 0 Å². The molecule has 0 aromatic carbocycles. The van der Waals surface area contributed by atoms with E-state index < -0.39 is 0 Å². The molecule has 3 rings (SSSR count). The molecule has 0 amide bonds. The van der Waals surface area contributed by atoms with Crippen LogP contribution in [-0.4, -0.2) is 6.54 Å². The molecule has 116 valence electrons. The van der Waals surface area contributed by atoms with Gasteiger partial charge in [-0.2, -0.15) is 0 Å². The molecule has 1 nitrogen and oxygen atoms in total. The molecular formula is C18H27NS2. The Morgan fingerprint density at radius 3 is 2.62 bits per heavy atom. The number of thiophene rings is 2. The molecule has 1 saturated carbocycles. The van der Waals surface area contributed by atoms with E-state index in [-0.39, 0.29) is 0 Å². The first-order valence-electron chi connectivity index (χ1n) is 8.37. The van der Waals surface area contributed by atoms with Gasteiger partial charge < -0.3 is 5.32 Å². The summed E-state index contributed by atoms with van der Waals surface area (Å²) in [7, 11) is 0. The molecule has 0 aliphatic heterocycles. The van der Waals surface area contributed by atoms with Gasteiger partial charge in [-0.05, 0) is 67.5 Å². The number of rotatable bonds is 5. The molecule has 3 atom stereocenters. The Balaban J connectivity index is 1.84. The van der Waals surface area contributed by atoms with E-state index in [4.69, 9.17) is 0 Å². The highest BCUT2D eigenvalue weighted by molar-refractivity contribution is 7.26. The first-order chi connectivity index (χ1) is 10.2. The van der Waals surface area contributed by atoms with E-state index in [0.29, 0.717) is 6.04 Å². The van der Waals surface area contributed by atoms with Gasteiger partial charge in [-0.3, -0.25) is 0 Å². The molecule has 0 spiro atoms. The van der Waals surface area contributed by atoms with E-state index in [9.17, 15) is 0 Å². The van der Waals surface area contributed by atoms with Crippen LogP contribution < -0.4 is 5.32 Å². The van der Waals surface area contributed by atoms with E-state index in [0.717, 1.165) is 24.3 Å². The van der Waals surface area contributed by atoms with Crippen LogP contribution in [0, 0.1) is 17.8 Å². The Morgan fingerprint density at radius 2 is 1.95 bits per heavy atom. The smallest absolute Gasteiger partial charge is 0.0454 e. The average Bonchev–Trinajstić information content (AvgIpc) is 2.99. The van der Waals surface area contributed by atoms with Crippen LogP contribution in [0.1, 0.15) is 57.4 Å². The van der Waals surface area contributed by atoms with Crippen molar-refractivity contribution < 1.29 is 0 Å². The molecule has 2 heterocycles. The molecular weight excluding hydrogens is 294 g/mol. The second-order valence-corrected chi connectivity index (χ2v) is 8.97. The minimum Gasteiger partial charge on any atom is -0.309 e. The lowest BCUT2D eigenvalue weighted by atomic mass is 9.73. The Bertz CT molecular complexity index is 532. The van der Waals surface area contributed by atoms with Crippen molar-refractivity contribution in [2.24, 2.45) is 17.8 Å². The van der Waals surface area contributed by atoms with E-state index in [1.807, 2.05) is 22.7 Å². The quantitative estimate of drug-likeness (QED) is 0.704. The lowest BCUT2D eigenvalue weighted by molar-refractivity contribution is 0.178. The van der Waals surface area contributed by atoms with Crippen molar-refractivity contribution in [1.29, 1.82) is 0 Å². The van der Waals surface area contributed by atoms with Gasteiger partial charge in [0.1, 0.15) is 0 Å². The number of hydrogen-bond acceptors (Lipinski definition) is 3. The van der Waals surface area contributed by atoms with E-state index in [1.54, 1.807) is 4.88 Å². The molecule has 0 radical (unpaired) electrons. The third kappa shape index (κ3) is 3.52. The van der Waals surface area contributed by atoms with Crippen LogP contribution in [0.25, 0.3) is 9.40 Å². The highest BCUT2D eigenvalue weighted by Gasteiger charge is 2.31. The second kappa shape index (κ2) is 6.80. The van der Waals surface area contributed by atoms with Crippen molar-refractivity contribution in [2.45, 2.75) is 52.5 Å². The molecule has 2 aromatic rings. The zero-order valence-electron chi connectivity index (χ0n) is 13.4. The Kier molecular flexibility index (Phi) is 5.03. The topological polar surface area (TPSA) is 12.0 Å². The van der Waals surface area contributed by atoms with Gasteiger partial charge in [0, 0.05) is 20.3 Å². The van der Waals surface area contributed by atoms with Crippen LogP contribution in [0.2, 0.25) is 0 Å². The molecule has 1 aliphatic rings. The summed E-state index contributed by atoms with van der Waals surface area (Å²) in [6.07, 6.45) is 5.40. The van der Waals surface area contributed by atoms with Crippen LogP contribution in [0.4, 0.5) is 0 Å². The molecule has 3 heteroatoms. The van der Waals surface area contributed by atoms with Crippen LogP contribution in [0.3, 0.4) is 0 Å². The second-order valence-electron chi connectivity index (χ2n) is 6.91. The van der Waals surface area contributed by atoms with Crippen LogP contribution in [0.15, 0.2) is 17.5 Å². The van der Waals surface area contributed by atoms with E-state index in [1.165, 1.54) is 35.1 Å². The number of nitrogens with one attached hydrogen (secondary N) is 1. The van der Waals surface area contributed by atoms with Crippen molar-refractivity contribution >= 4 is 32.1 Å². The van der Waals surface area contributed by atoms with E-state index >= 15 is 0 Å². The summed E-state index contributed by atoms with van der Waals surface area (Å²) in [5.74, 6) is 2.57. The van der Waals surface area contributed by atoms with E-state index in [2.05, 4.69) is 43.6 Å². The molecule has 0 bridgehead atoms. The molecule has 0 saturated heterocycles. The number of hydrogen-bond donors (Lipinski definition) is 1. The summed E-state index contributed by atoms with van der Waals surface area (Å²) in [5.41, 5.74) is 0. The Hall–Kier alpha value is -0.380. The van der Waals surface area contributed by atoms with Crippen molar-refractivity contribution in [3.63, 3.8) is 0 Å². The lowest BCUT2D eigenvalue weighted by Crippen LogP contribution is -2.33. The predicted octanol–water partition coefficient (Wildman–Crippen LogP) is 6.08. The first kappa shape index (κ1) is 15.5. The van der Waals surface area contributed by atoms with Gasteiger partial charge in [0.2, 0.25) is 0 Å². The van der Waals surface area contributed by atoms with Crippen LogP contribution in [0.5, 0.6) is 0 Å². The summed E-state index contributed by atoms with van der Waals surface area (Å²) in [6.45, 7) is 8.28. The summed E-state index contributed by atoms with van der Waals surface area (Å²) in [4.78, 5) is 1.57. The monoisotopic (exact) mass is 321 g/mol. The zero-order valence-corrected chi connectivity index (χ0v) is 15.0. The third-order valence-electron chi connectivity index (χ3n) is 4.77. The average molecular weight is 322 g/mol. The van der Waals surface area contributed by atoms with Gasteiger partial charge in [-0.1, -0.05) is 20.8 Å².